The minimum atomic E-state index is 0.602. The molecular formula is C15H26N4. The van der Waals surface area contributed by atoms with Gasteiger partial charge in [0.15, 0.2) is 0 Å². The lowest BCUT2D eigenvalue weighted by Crippen LogP contribution is -2.34. The van der Waals surface area contributed by atoms with E-state index in [1.54, 1.807) is 0 Å². The van der Waals surface area contributed by atoms with Crippen LogP contribution in [0, 0.1) is 6.92 Å². The van der Waals surface area contributed by atoms with Crippen LogP contribution in [0.1, 0.15) is 44.7 Å². The minimum Gasteiger partial charge on any atom is -0.351 e. The van der Waals surface area contributed by atoms with Gasteiger partial charge in [0, 0.05) is 31.4 Å². The molecule has 1 aromatic rings. The first-order valence-electron chi connectivity index (χ1n) is 7.82. The zero-order valence-electron chi connectivity index (χ0n) is 12.2. The van der Waals surface area contributed by atoms with Crippen LogP contribution >= 0.6 is 0 Å². The fourth-order valence-corrected chi connectivity index (χ4v) is 3.58. The van der Waals surface area contributed by atoms with E-state index in [9.17, 15) is 0 Å². The molecule has 2 saturated heterocycles. The normalized spacial score (nSPS) is 26.8. The third-order valence-corrected chi connectivity index (χ3v) is 4.57. The van der Waals surface area contributed by atoms with E-state index >= 15 is 0 Å². The Bertz CT molecular complexity index is 426. The summed E-state index contributed by atoms with van der Waals surface area (Å²) >= 11 is 0. The van der Waals surface area contributed by atoms with Crippen molar-refractivity contribution in [1.82, 2.24) is 14.5 Å². The molecule has 0 aliphatic carbocycles. The Labute approximate surface area is 116 Å². The maximum Gasteiger partial charge on any atom is 0.203 e. The number of aryl methyl sites for hydroxylation is 2. The Kier molecular flexibility index (Phi) is 3.78. The summed E-state index contributed by atoms with van der Waals surface area (Å²) in [4.78, 5) is 7.32. The molecule has 1 N–H and O–H groups in total. The fourth-order valence-electron chi connectivity index (χ4n) is 3.58. The number of anilines is 1. The van der Waals surface area contributed by atoms with Crippen LogP contribution in [0.3, 0.4) is 0 Å². The predicted octanol–water partition coefficient (Wildman–Crippen LogP) is 2.64. The number of aromatic nitrogens is 2. The molecule has 0 saturated carbocycles. The highest BCUT2D eigenvalue weighted by atomic mass is 15.3. The Hall–Kier alpha value is -1.03. The molecule has 0 aromatic carbocycles. The summed E-state index contributed by atoms with van der Waals surface area (Å²) in [6.45, 7) is 7.97. The second-order valence-electron chi connectivity index (χ2n) is 6.04. The molecule has 0 amide bonds. The quantitative estimate of drug-likeness (QED) is 0.885. The average molecular weight is 262 g/mol. The molecule has 0 radical (unpaired) electrons. The number of hydrogen-bond donors (Lipinski definition) is 1. The molecule has 3 rings (SSSR count). The highest BCUT2D eigenvalue weighted by Gasteiger charge is 2.37. The maximum absolute atomic E-state index is 4.67. The van der Waals surface area contributed by atoms with Crippen LogP contribution in [0.25, 0.3) is 0 Å². The zero-order chi connectivity index (χ0) is 13.2. The second-order valence-corrected chi connectivity index (χ2v) is 6.04. The number of rotatable bonds is 5. The number of hydrogen-bond acceptors (Lipinski definition) is 3. The van der Waals surface area contributed by atoms with Crippen LogP contribution < -0.4 is 5.32 Å². The van der Waals surface area contributed by atoms with Crippen LogP contribution in [-0.4, -0.2) is 39.6 Å². The van der Waals surface area contributed by atoms with Gasteiger partial charge in [-0.3, -0.25) is 4.90 Å². The Morgan fingerprint density at radius 3 is 3.11 bits per heavy atom. The van der Waals surface area contributed by atoms with Gasteiger partial charge in [0.2, 0.25) is 5.95 Å². The summed E-state index contributed by atoms with van der Waals surface area (Å²) in [7, 11) is 0. The second kappa shape index (κ2) is 5.53. The first kappa shape index (κ1) is 13.0. The lowest BCUT2D eigenvalue weighted by molar-refractivity contribution is 0.318. The van der Waals surface area contributed by atoms with E-state index in [0.29, 0.717) is 6.04 Å². The minimum absolute atomic E-state index is 0.602. The summed E-state index contributed by atoms with van der Waals surface area (Å²) < 4.78 is 2.30. The average Bonchev–Trinajstić information content (AvgIpc) is 3.05. The Balaban J connectivity index is 1.68. The van der Waals surface area contributed by atoms with Crippen molar-refractivity contribution in [2.75, 3.05) is 18.4 Å². The van der Waals surface area contributed by atoms with Crippen LogP contribution in [0.2, 0.25) is 0 Å². The number of nitrogens with zero attached hydrogens (tertiary/aromatic N) is 3. The SMILES string of the molecule is CCCCn1cc(C)nc1NC1CCN2CCCC12. The van der Waals surface area contributed by atoms with E-state index in [-0.39, 0.29) is 0 Å². The van der Waals surface area contributed by atoms with Crippen molar-refractivity contribution in [3.05, 3.63) is 11.9 Å². The van der Waals surface area contributed by atoms with E-state index in [0.717, 1.165) is 24.2 Å². The van der Waals surface area contributed by atoms with Gasteiger partial charge in [0.05, 0.1) is 5.69 Å². The molecule has 2 aliphatic rings. The van der Waals surface area contributed by atoms with Crippen molar-refractivity contribution < 1.29 is 0 Å². The molecule has 106 valence electrons. The number of nitrogens with one attached hydrogen (secondary N) is 1. The monoisotopic (exact) mass is 262 g/mol. The highest BCUT2D eigenvalue weighted by molar-refractivity contribution is 5.32. The summed E-state index contributed by atoms with van der Waals surface area (Å²) in [5, 5.41) is 3.72. The molecule has 3 heterocycles. The molecular weight excluding hydrogens is 236 g/mol. The van der Waals surface area contributed by atoms with E-state index < -0.39 is 0 Å². The van der Waals surface area contributed by atoms with Gasteiger partial charge < -0.3 is 9.88 Å². The largest absolute Gasteiger partial charge is 0.351 e. The summed E-state index contributed by atoms with van der Waals surface area (Å²) in [5.74, 6) is 1.09. The Morgan fingerprint density at radius 2 is 2.26 bits per heavy atom. The van der Waals surface area contributed by atoms with Crippen molar-refractivity contribution >= 4 is 5.95 Å². The predicted molar refractivity (Wildman–Crippen MR) is 78.5 cm³/mol. The zero-order valence-corrected chi connectivity index (χ0v) is 12.2. The Morgan fingerprint density at radius 1 is 1.37 bits per heavy atom. The van der Waals surface area contributed by atoms with Gasteiger partial charge in [-0.05, 0) is 39.2 Å². The lowest BCUT2D eigenvalue weighted by atomic mass is 10.1. The molecule has 2 atom stereocenters. The number of imidazole rings is 1. The maximum atomic E-state index is 4.67. The smallest absolute Gasteiger partial charge is 0.203 e. The van der Waals surface area contributed by atoms with Crippen LogP contribution in [-0.2, 0) is 6.54 Å². The van der Waals surface area contributed by atoms with Crippen LogP contribution in [0.4, 0.5) is 5.95 Å². The molecule has 2 unspecified atom stereocenters. The van der Waals surface area contributed by atoms with E-state index in [4.69, 9.17) is 0 Å². The molecule has 0 spiro atoms. The van der Waals surface area contributed by atoms with Gasteiger partial charge in [-0.2, -0.15) is 0 Å². The molecule has 4 nitrogen and oxygen atoms in total. The van der Waals surface area contributed by atoms with Crippen LogP contribution in [0.15, 0.2) is 6.20 Å². The first-order chi connectivity index (χ1) is 9.28. The summed E-state index contributed by atoms with van der Waals surface area (Å²) in [6.07, 6.45) is 8.63. The third kappa shape index (κ3) is 2.64. The molecule has 4 heteroatoms. The molecule has 2 fully saturated rings. The molecule has 1 aromatic heterocycles. The van der Waals surface area contributed by atoms with Crippen molar-refractivity contribution in [3.8, 4) is 0 Å². The summed E-state index contributed by atoms with van der Waals surface area (Å²) in [5.41, 5.74) is 1.12. The highest BCUT2D eigenvalue weighted by Crippen LogP contribution is 2.30. The van der Waals surface area contributed by atoms with Crippen LogP contribution in [0.5, 0.6) is 0 Å². The van der Waals surface area contributed by atoms with E-state index in [2.05, 4.69) is 39.8 Å². The number of unbranched alkanes of at least 4 members (excludes halogenated alkanes) is 1. The van der Waals surface area contributed by atoms with Gasteiger partial charge in [-0.15, -0.1) is 0 Å². The van der Waals surface area contributed by atoms with Gasteiger partial charge in [-0.25, -0.2) is 4.98 Å². The van der Waals surface area contributed by atoms with Crippen molar-refractivity contribution in [1.29, 1.82) is 0 Å². The van der Waals surface area contributed by atoms with Gasteiger partial charge in [-0.1, -0.05) is 13.3 Å². The van der Waals surface area contributed by atoms with Gasteiger partial charge in [0.1, 0.15) is 0 Å². The van der Waals surface area contributed by atoms with Gasteiger partial charge >= 0.3 is 0 Å². The van der Waals surface area contributed by atoms with Crippen molar-refractivity contribution in [2.45, 2.75) is 64.6 Å². The van der Waals surface area contributed by atoms with Gasteiger partial charge in [0.25, 0.3) is 0 Å². The fraction of sp³-hybridized carbons (Fsp3) is 0.800. The standard InChI is InChI=1S/C15H26N4/c1-3-4-8-19-11-12(2)16-15(19)17-13-7-10-18-9-5-6-14(13)18/h11,13-14H,3-10H2,1-2H3,(H,16,17). The molecule has 2 aliphatic heterocycles. The van der Waals surface area contributed by atoms with E-state index in [1.165, 1.54) is 45.2 Å². The number of fused-ring (bicyclic) bond motifs is 1. The first-order valence-corrected chi connectivity index (χ1v) is 7.82. The van der Waals surface area contributed by atoms with Crippen molar-refractivity contribution in [3.63, 3.8) is 0 Å². The summed E-state index contributed by atoms with van der Waals surface area (Å²) in [6, 6.07) is 1.35. The molecule has 19 heavy (non-hydrogen) atoms. The third-order valence-electron chi connectivity index (χ3n) is 4.57. The topological polar surface area (TPSA) is 33.1 Å². The lowest BCUT2D eigenvalue weighted by Gasteiger charge is -2.22. The van der Waals surface area contributed by atoms with Crippen molar-refractivity contribution in [2.24, 2.45) is 0 Å². The molecule has 0 bridgehead atoms. The van der Waals surface area contributed by atoms with E-state index in [1.807, 2.05) is 0 Å².